The van der Waals surface area contributed by atoms with Crippen LogP contribution in [0, 0.1) is 5.92 Å². The second kappa shape index (κ2) is 8.60. The average Bonchev–Trinajstić information content (AvgIpc) is 3.41. The number of hydrogen-bond acceptors (Lipinski definition) is 7. The van der Waals surface area contributed by atoms with Crippen molar-refractivity contribution in [1.82, 2.24) is 19.2 Å². The predicted molar refractivity (Wildman–Crippen MR) is 127 cm³/mol. The van der Waals surface area contributed by atoms with Crippen LogP contribution in [0.15, 0.2) is 46.3 Å². The predicted octanol–water partition coefficient (Wildman–Crippen LogP) is 3.81. The first-order valence-electron chi connectivity index (χ1n) is 10.3. The van der Waals surface area contributed by atoms with Gasteiger partial charge in [-0.25, -0.2) is 0 Å². The second-order valence-corrected chi connectivity index (χ2v) is 9.37. The van der Waals surface area contributed by atoms with Crippen molar-refractivity contribution < 1.29 is 14.3 Å². The molecule has 170 valence electrons. The number of halogens is 1. The van der Waals surface area contributed by atoms with E-state index in [1.165, 1.54) is 11.8 Å². The molecule has 0 saturated heterocycles. The Balaban J connectivity index is 1.45. The van der Waals surface area contributed by atoms with Crippen LogP contribution in [0.3, 0.4) is 0 Å². The maximum atomic E-state index is 13.1. The highest BCUT2D eigenvalue weighted by Crippen LogP contribution is 2.34. The summed E-state index contributed by atoms with van der Waals surface area (Å²) in [5.74, 6) is 1.78. The van der Waals surface area contributed by atoms with E-state index in [-0.39, 0.29) is 29.9 Å². The maximum absolute atomic E-state index is 13.1. The quantitative estimate of drug-likeness (QED) is 0.414. The monoisotopic (exact) mass is 485 g/mol. The Kier molecular flexibility index (Phi) is 5.63. The van der Waals surface area contributed by atoms with Crippen molar-refractivity contribution in [2.75, 3.05) is 17.9 Å². The zero-order valence-corrected chi connectivity index (χ0v) is 19.4. The SMILES string of the molecule is CC(C)Cn1c(=O)c2ccc(Cl)cc2n2c(SCC(=O)Nc3ccc4c(c3)OCO4)nnc12. The van der Waals surface area contributed by atoms with Gasteiger partial charge in [-0.15, -0.1) is 10.2 Å². The summed E-state index contributed by atoms with van der Waals surface area (Å²) in [5.41, 5.74) is 1.07. The Morgan fingerprint density at radius 1 is 1.18 bits per heavy atom. The lowest BCUT2D eigenvalue weighted by atomic mass is 10.2. The lowest BCUT2D eigenvalue weighted by Gasteiger charge is -2.13. The zero-order valence-electron chi connectivity index (χ0n) is 17.9. The molecule has 1 N–H and O–H groups in total. The van der Waals surface area contributed by atoms with Gasteiger partial charge in [-0.3, -0.25) is 18.6 Å². The highest BCUT2D eigenvalue weighted by Gasteiger charge is 2.19. The molecular formula is C22H20ClN5O4S. The van der Waals surface area contributed by atoms with E-state index >= 15 is 0 Å². The molecule has 0 radical (unpaired) electrons. The van der Waals surface area contributed by atoms with Gasteiger partial charge in [0.15, 0.2) is 16.7 Å². The number of ether oxygens (including phenoxy) is 2. The van der Waals surface area contributed by atoms with Crippen molar-refractivity contribution in [1.29, 1.82) is 0 Å². The number of rotatable bonds is 6. The van der Waals surface area contributed by atoms with Gasteiger partial charge in [0.05, 0.1) is 16.7 Å². The van der Waals surface area contributed by atoms with E-state index in [1.54, 1.807) is 45.4 Å². The summed E-state index contributed by atoms with van der Waals surface area (Å²) in [4.78, 5) is 25.7. The van der Waals surface area contributed by atoms with Gasteiger partial charge < -0.3 is 14.8 Å². The van der Waals surface area contributed by atoms with Crippen molar-refractivity contribution in [3.05, 3.63) is 51.8 Å². The minimum atomic E-state index is -0.214. The van der Waals surface area contributed by atoms with Gasteiger partial charge >= 0.3 is 0 Å². The number of anilines is 1. The molecule has 0 unspecified atom stereocenters. The number of hydrogen-bond donors (Lipinski definition) is 1. The van der Waals surface area contributed by atoms with Crippen LogP contribution in [0.1, 0.15) is 13.8 Å². The molecule has 0 spiro atoms. The van der Waals surface area contributed by atoms with E-state index < -0.39 is 0 Å². The molecule has 0 atom stereocenters. The van der Waals surface area contributed by atoms with E-state index in [2.05, 4.69) is 15.5 Å². The summed E-state index contributed by atoms with van der Waals surface area (Å²) in [6, 6.07) is 10.3. The molecule has 0 saturated carbocycles. The summed E-state index contributed by atoms with van der Waals surface area (Å²) >= 11 is 7.45. The Hall–Kier alpha value is -3.24. The molecule has 4 aromatic rings. The lowest BCUT2D eigenvalue weighted by Crippen LogP contribution is -2.25. The van der Waals surface area contributed by atoms with E-state index in [1.807, 2.05) is 13.8 Å². The highest BCUT2D eigenvalue weighted by atomic mass is 35.5. The average molecular weight is 486 g/mol. The van der Waals surface area contributed by atoms with Gasteiger partial charge in [-0.2, -0.15) is 0 Å². The molecule has 0 fully saturated rings. The summed E-state index contributed by atoms with van der Waals surface area (Å²) in [6.45, 7) is 4.72. The van der Waals surface area contributed by atoms with Crippen molar-refractivity contribution in [3.63, 3.8) is 0 Å². The van der Waals surface area contributed by atoms with Gasteiger partial charge in [0.2, 0.25) is 18.5 Å². The molecule has 2 aromatic carbocycles. The van der Waals surface area contributed by atoms with Crippen LogP contribution < -0.4 is 20.3 Å². The number of carbonyl (C=O) groups excluding carboxylic acids is 1. The van der Waals surface area contributed by atoms with Crippen LogP contribution in [0.2, 0.25) is 5.02 Å². The van der Waals surface area contributed by atoms with Gasteiger partial charge in [0.1, 0.15) is 0 Å². The third-order valence-corrected chi connectivity index (χ3v) is 6.23. The molecule has 33 heavy (non-hydrogen) atoms. The van der Waals surface area contributed by atoms with Crippen LogP contribution in [0.25, 0.3) is 16.7 Å². The molecule has 1 aliphatic rings. The molecule has 5 rings (SSSR count). The molecule has 1 amide bonds. The van der Waals surface area contributed by atoms with Gasteiger partial charge in [-0.1, -0.05) is 37.2 Å². The maximum Gasteiger partial charge on any atom is 0.262 e. The number of thioether (sulfide) groups is 1. The largest absolute Gasteiger partial charge is 0.454 e. The van der Waals surface area contributed by atoms with E-state index in [9.17, 15) is 9.59 Å². The van der Waals surface area contributed by atoms with Crippen molar-refractivity contribution in [2.24, 2.45) is 5.92 Å². The fourth-order valence-corrected chi connectivity index (χ4v) is 4.59. The summed E-state index contributed by atoms with van der Waals surface area (Å²) in [7, 11) is 0. The van der Waals surface area contributed by atoms with Gasteiger partial charge in [0.25, 0.3) is 5.56 Å². The number of aromatic nitrogens is 4. The molecule has 0 bridgehead atoms. The van der Waals surface area contributed by atoms with Crippen LogP contribution >= 0.6 is 23.4 Å². The third-order valence-electron chi connectivity index (χ3n) is 5.07. The Morgan fingerprint density at radius 3 is 2.82 bits per heavy atom. The minimum Gasteiger partial charge on any atom is -0.454 e. The third kappa shape index (κ3) is 4.11. The number of fused-ring (bicyclic) bond motifs is 4. The number of carbonyl (C=O) groups is 1. The summed E-state index contributed by atoms with van der Waals surface area (Å²) in [5, 5.41) is 12.9. The topological polar surface area (TPSA) is 99.8 Å². The van der Waals surface area contributed by atoms with Gasteiger partial charge in [-0.05, 0) is 36.2 Å². The number of nitrogens with one attached hydrogen (secondary N) is 1. The molecular weight excluding hydrogens is 466 g/mol. The van der Waals surface area contributed by atoms with Gasteiger partial charge in [0, 0.05) is 23.3 Å². The van der Waals surface area contributed by atoms with Crippen LogP contribution in [0.4, 0.5) is 5.69 Å². The molecule has 1 aliphatic heterocycles. The first-order chi connectivity index (χ1) is 15.9. The fourth-order valence-electron chi connectivity index (χ4n) is 3.68. The highest BCUT2D eigenvalue weighted by molar-refractivity contribution is 7.99. The number of nitrogens with zero attached hydrogens (tertiary/aromatic N) is 4. The van der Waals surface area contributed by atoms with E-state index in [0.29, 0.717) is 50.6 Å². The first kappa shape index (κ1) is 21.6. The van der Waals surface area contributed by atoms with Crippen LogP contribution in [0.5, 0.6) is 11.5 Å². The minimum absolute atomic E-state index is 0.0978. The molecule has 3 heterocycles. The lowest BCUT2D eigenvalue weighted by molar-refractivity contribution is -0.113. The number of benzene rings is 2. The molecule has 0 aliphatic carbocycles. The normalized spacial score (nSPS) is 12.7. The Labute approximate surface area is 197 Å². The Bertz CT molecular complexity index is 1450. The molecule has 2 aromatic heterocycles. The number of amides is 1. The van der Waals surface area contributed by atoms with Crippen molar-refractivity contribution in [3.8, 4) is 11.5 Å². The van der Waals surface area contributed by atoms with Crippen LogP contribution in [-0.4, -0.2) is 37.6 Å². The standard InChI is InChI=1S/C22H20ClN5O4S/c1-12(2)9-27-20(30)15-5-3-13(23)7-16(15)28-21(27)25-26-22(28)33-10-19(29)24-14-4-6-17-18(8-14)32-11-31-17/h3-8,12H,9-11H2,1-2H3,(H,24,29). The smallest absolute Gasteiger partial charge is 0.262 e. The summed E-state index contributed by atoms with van der Waals surface area (Å²) in [6.07, 6.45) is 0. The summed E-state index contributed by atoms with van der Waals surface area (Å²) < 4.78 is 14.0. The van der Waals surface area contributed by atoms with E-state index in [0.717, 1.165) is 0 Å². The molecule has 11 heteroatoms. The van der Waals surface area contributed by atoms with Crippen LogP contribution in [-0.2, 0) is 11.3 Å². The first-order valence-corrected chi connectivity index (χ1v) is 11.7. The Morgan fingerprint density at radius 2 is 2.00 bits per heavy atom. The fraction of sp³-hybridized carbons (Fsp3) is 0.273. The second-order valence-electron chi connectivity index (χ2n) is 7.99. The van der Waals surface area contributed by atoms with Crippen molar-refractivity contribution >= 4 is 51.6 Å². The molecule has 9 nitrogen and oxygen atoms in total. The van der Waals surface area contributed by atoms with Crippen molar-refractivity contribution in [2.45, 2.75) is 25.5 Å². The van der Waals surface area contributed by atoms with E-state index in [4.69, 9.17) is 21.1 Å². The zero-order chi connectivity index (χ0) is 23.1.